The molecule has 0 aromatic rings. The van der Waals surface area contributed by atoms with Gasteiger partial charge in [0.25, 0.3) is 0 Å². The quantitative estimate of drug-likeness (QED) is 0.0587. The number of nitrogens with two attached hydrogens (primary N) is 3. The number of nitrogens with zero attached hydrogens (tertiary/aromatic N) is 1. The first-order valence-corrected chi connectivity index (χ1v) is 11.5. The number of rotatable bonds is 15. The lowest BCUT2D eigenvalue weighted by Crippen LogP contribution is -2.58. The largest absolute Gasteiger partial charge is 0.480 e. The molecule has 0 aliphatic heterocycles. The Kier molecular flexibility index (Phi) is 14.1. The van der Waals surface area contributed by atoms with Crippen LogP contribution in [0.15, 0.2) is 4.99 Å². The highest BCUT2D eigenvalue weighted by molar-refractivity contribution is 7.80. The molecule has 0 heterocycles. The molecule has 0 fully saturated rings. The molecule has 13 heteroatoms. The lowest BCUT2D eigenvalue weighted by Gasteiger charge is -2.25. The van der Waals surface area contributed by atoms with Gasteiger partial charge < -0.3 is 38.3 Å². The number of guanidine groups is 1. The number of nitrogens with one attached hydrogen (secondary N) is 3. The second-order valence-corrected chi connectivity index (χ2v) is 8.92. The summed E-state index contributed by atoms with van der Waals surface area (Å²) < 4.78 is 0. The van der Waals surface area contributed by atoms with Crippen molar-refractivity contribution in [3.63, 3.8) is 0 Å². The average molecular weight is 490 g/mol. The minimum atomic E-state index is -1.19. The van der Waals surface area contributed by atoms with Crippen molar-refractivity contribution in [2.75, 3.05) is 12.3 Å². The predicted octanol–water partition coefficient (Wildman–Crippen LogP) is -1.46. The fraction of sp³-hybridized carbons (Fsp3) is 0.750. The van der Waals surface area contributed by atoms with Gasteiger partial charge in [-0.1, -0.05) is 27.7 Å². The zero-order valence-electron chi connectivity index (χ0n) is 19.7. The van der Waals surface area contributed by atoms with Gasteiger partial charge in [-0.2, -0.15) is 12.6 Å². The summed E-state index contributed by atoms with van der Waals surface area (Å²) in [5.74, 6) is -3.34. The van der Waals surface area contributed by atoms with Crippen LogP contribution in [-0.2, 0) is 19.2 Å². The normalized spacial score (nSPS) is 14.7. The summed E-state index contributed by atoms with van der Waals surface area (Å²) in [7, 11) is 0. The summed E-state index contributed by atoms with van der Waals surface area (Å²) in [5, 5.41) is 16.9. The standard InChI is InChI=1S/C20H39N7O5S/c1-10(2)8-12(21)16(28)26-14(9-33)18(30)25-13(6-5-7-24-20(22)23)17(29)27-15(11(3)4)19(31)32/h10-15,33H,5-9,21H2,1-4H3,(H,25,30)(H,26,28)(H,27,29)(H,31,32)(H4,22,23,24). The van der Waals surface area contributed by atoms with Crippen LogP contribution in [-0.4, -0.2) is 71.2 Å². The third-order valence-corrected chi connectivity index (χ3v) is 5.05. The molecule has 0 aliphatic carbocycles. The zero-order chi connectivity index (χ0) is 25.7. The summed E-state index contributed by atoms with van der Waals surface area (Å²) in [5.41, 5.74) is 16.5. The third kappa shape index (κ3) is 12.3. The number of aliphatic imine (C=N–C) groups is 1. The van der Waals surface area contributed by atoms with Crippen molar-refractivity contribution in [2.45, 2.75) is 71.1 Å². The molecule has 0 bridgehead atoms. The van der Waals surface area contributed by atoms with Crippen molar-refractivity contribution in [3.05, 3.63) is 0 Å². The Hall–Kier alpha value is -2.54. The van der Waals surface area contributed by atoms with Gasteiger partial charge in [0, 0.05) is 12.3 Å². The smallest absolute Gasteiger partial charge is 0.326 e. The molecular formula is C20H39N7O5S. The Morgan fingerprint density at radius 3 is 1.94 bits per heavy atom. The second-order valence-electron chi connectivity index (χ2n) is 8.56. The summed E-state index contributed by atoms with van der Waals surface area (Å²) in [6.07, 6.45) is 0.917. The number of carboxylic acid groups (broad SMARTS) is 1. The first kappa shape index (κ1) is 30.5. The molecule has 3 amide bonds. The third-order valence-electron chi connectivity index (χ3n) is 4.69. The fourth-order valence-electron chi connectivity index (χ4n) is 2.90. The van der Waals surface area contributed by atoms with Crippen LogP contribution in [0.1, 0.15) is 47.0 Å². The van der Waals surface area contributed by atoms with E-state index in [2.05, 4.69) is 33.6 Å². The summed E-state index contributed by atoms with van der Waals surface area (Å²) >= 11 is 4.12. The van der Waals surface area contributed by atoms with Crippen LogP contribution in [0.2, 0.25) is 0 Å². The van der Waals surface area contributed by atoms with Crippen molar-refractivity contribution in [3.8, 4) is 0 Å². The lowest BCUT2D eigenvalue weighted by molar-refractivity contribution is -0.143. The maximum Gasteiger partial charge on any atom is 0.326 e. The molecule has 12 nitrogen and oxygen atoms in total. The number of carboxylic acids is 1. The predicted molar refractivity (Wildman–Crippen MR) is 129 cm³/mol. The van der Waals surface area contributed by atoms with Crippen LogP contribution in [0.5, 0.6) is 0 Å². The molecule has 4 unspecified atom stereocenters. The highest BCUT2D eigenvalue weighted by atomic mass is 32.1. The number of thiol groups is 1. The van der Waals surface area contributed by atoms with Gasteiger partial charge in [0.05, 0.1) is 6.04 Å². The van der Waals surface area contributed by atoms with E-state index >= 15 is 0 Å². The van der Waals surface area contributed by atoms with Crippen molar-refractivity contribution < 1.29 is 24.3 Å². The van der Waals surface area contributed by atoms with E-state index in [9.17, 15) is 24.3 Å². The topological polar surface area (TPSA) is 215 Å². The number of hydrogen-bond donors (Lipinski definition) is 8. The van der Waals surface area contributed by atoms with Crippen molar-refractivity contribution >= 4 is 42.3 Å². The monoisotopic (exact) mass is 489 g/mol. The van der Waals surface area contributed by atoms with Crippen LogP contribution < -0.4 is 33.2 Å². The average Bonchev–Trinajstić information content (AvgIpc) is 2.70. The van der Waals surface area contributed by atoms with Crippen LogP contribution in [0.4, 0.5) is 0 Å². The molecule has 0 aromatic heterocycles. The van der Waals surface area contributed by atoms with Crippen LogP contribution in [0.3, 0.4) is 0 Å². The fourth-order valence-corrected chi connectivity index (χ4v) is 3.16. The number of carbonyl (C=O) groups is 4. The Labute approximate surface area is 200 Å². The van der Waals surface area contributed by atoms with E-state index in [1.165, 1.54) is 0 Å². The first-order valence-electron chi connectivity index (χ1n) is 10.9. The van der Waals surface area contributed by atoms with E-state index in [4.69, 9.17) is 17.2 Å². The van der Waals surface area contributed by atoms with Gasteiger partial charge in [-0.15, -0.1) is 0 Å². The Bertz CT molecular complexity index is 698. The van der Waals surface area contributed by atoms with Gasteiger partial charge in [0.1, 0.15) is 18.1 Å². The summed E-state index contributed by atoms with van der Waals surface area (Å²) in [6, 6.07) is -4.03. The Balaban J connectivity index is 5.37. The van der Waals surface area contributed by atoms with Gasteiger partial charge in [-0.25, -0.2) is 4.79 Å². The van der Waals surface area contributed by atoms with Gasteiger partial charge >= 0.3 is 5.97 Å². The second kappa shape index (κ2) is 15.3. The maximum absolute atomic E-state index is 12.8. The summed E-state index contributed by atoms with van der Waals surface area (Å²) in [4.78, 5) is 53.2. The van der Waals surface area contributed by atoms with Crippen molar-refractivity contribution in [1.29, 1.82) is 0 Å². The molecule has 0 spiro atoms. The molecule has 0 rings (SSSR count). The number of hydrogen-bond acceptors (Lipinski definition) is 7. The maximum atomic E-state index is 12.8. The minimum Gasteiger partial charge on any atom is -0.480 e. The summed E-state index contributed by atoms with van der Waals surface area (Å²) in [6.45, 7) is 7.36. The Morgan fingerprint density at radius 1 is 0.939 bits per heavy atom. The van der Waals surface area contributed by atoms with Crippen LogP contribution >= 0.6 is 12.6 Å². The van der Waals surface area contributed by atoms with Crippen LogP contribution in [0.25, 0.3) is 0 Å². The zero-order valence-corrected chi connectivity index (χ0v) is 20.6. The molecule has 0 saturated heterocycles. The number of amides is 3. The van der Waals surface area contributed by atoms with Crippen molar-refractivity contribution in [1.82, 2.24) is 16.0 Å². The lowest BCUT2D eigenvalue weighted by atomic mass is 10.0. The molecule has 33 heavy (non-hydrogen) atoms. The molecular weight excluding hydrogens is 450 g/mol. The highest BCUT2D eigenvalue weighted by Crippen LogP contribution is 2.07. The van der Waals surface area contributed by atoms with Crippen LogP contribution in [0, 0.1) is 11.8 Å². The van der Waals surface area contributed by atoms with E-state index in [-0.39, 0.29) is 36.5 Å². The number of aliphatic carboxylic acids is 1. The molecule has 10 N–H and O–H groups in total. The van der Waals surface area contributed by atoms with E-state index in [1.54, 1.807) is 13.8 Å². The molecule has 4 atom stereocenters. The molecule has 0 aliphatic rings. The molecule has 0 saturated carbocycles. The van der Waals surface area contributed by atoms with Gasteiger partial charge in [0.2, 0.25) is 17.7 Å². The van der Waals surface area contributed by atoms with E-state index in [1.807, 2.05) is 13.8 Å². The van der Waals surface area contributed by atoms with E-state index in [0.717, 1.165) is 0 Å². The number of carbonyl (C=O) groups excluding carboxylic acids is 3. The van der Waals surface area contributed by atoms with E-state index in [0.29, 0.717) is 12.8 Å². The Morgan fingerprint density at radius 2 is 1.48 bits per heavy atom. The van der Waals surface area contributed by atoms with E-state index < -0.39 is 47.9 Å². The minimum absolute atomic E-state index is 0.0297. The van der Waals surface area contributed by atoms with Gasteiger partial charge in [-0.05, 0) is 31.1 Å². The highest BCUT2D eigenvalue weighted by Gasteiger charge is 2.30. The van der Waals surface area contributed by atoms with Crippen molar-refractivity contribution in [2.24, 2.45) is 34.0 Å². The van der Waals surface area contributed by atoms with Gasteiger partial charge in [-0.3, -0.25) is 19.4 Å². The molecule has 0 aromatic carbocycles. The molecule has 190 valence electrons. The molecule has 0 radical (unpaired) electrons. The van der Waals surface area contributed by atoms with Gasteiger partial charge in [0.15, 0.2) is 5.96 Å². The first-order chi connectivity index (χ1) is 15.3. The SMILES string of the molecule is CC(C)CC(N)C(=O)NC(CS)C(=O)NC(CCCN=C(N)N)C(=O)NC(C(=O)O)C(C)C.